The van der Waals surface area contributed by atoms with Crippen molar-refractivity contribution < 1.29 is 19.8 Å². The van der Waals surface area contributed by atoms with Crippen LogP contribution in [0.5, 0.6) is 0 Å². The van der Waals surface area contributed by atoms with E-state index in [4.69, 9.17) is 11.5 Å². The number of hydrogen-bond acceptors (Lipinski definition) is 6. The van der Waals surface area contributed by atoms with Crippen molar-refractivity contribution in [3.05, 3.63) is 82.9 Å². The lowest BCUT2D eigenvalue weighted by molar-refractivity contribution is 0.0679. The molecule has 6 N–H and O–H groups in total. The molecule has 0 heterocycles. The molecule has 0 bridgehead atoms. The summed E-state index contributed by atoms with van der Waals surface area (Å²) in [4.78, 5) is 26.0. The average molecular weight is 497 g/mol. The van der Waals surface area contributed by atoms with Crippen LogP contribution in [-0.2, 0) is 12.8 Å². The number of rotatable bonds is 10. The molecular formula is C26H28N2O4S2. The zero-order chi connectivity index (χ0) is 24.8. The van der Waals surface area contributed by atoms with Gasteiger partial charge in [-0.25, -0.2) is 9.59 Å². The SMILES string of the molecule is CC(Cc1c(C(=O)O)ccc(C(=O)O)c1CC(C)Sc1ccccc1N)Sc1ccccc1N. The summed E-state index contributed by atoms with van der Waals surface area (Å²) in [6.45, 7) is 3.98. The second-order valence-corrected chi connectivity index (χ2v) is 11.0. The Labute approximate surface area is 207 Å². The summed E-state index contributed by atoms with van der Waals surface area (Å²) in [6, 6.07) is 17.8. The fraction of sp³-hybridized carbons (Fsp3) is 0.231. The van der Waals surface area contributed by atoms with E-state index in [2.05, 4.69) is 0 Å². The summed E-state index contributed by atoms with van der Waals surface area (Å²) >= 11 is 3.09. The van der Waals surface area contributed by atoms with Crippen LogP contribution >= 0.6 is 23.5 Å². The number of thioether (sulfide) groups is 2. The molecule has 34 heavy (non-hydrogen) atoms. The molecule has 0 saturated carbocycles. The van der Waals surface area contributed by atoms with Crippen molar-refractivity contribution in [2.45, 2.75) is 47.0 Å². The van der Waals surface area contributed by atoms with Gasteiger partial charge in [0, 0.05) is 31.7 Å². The number of anilines is 2. The van der Waals surface area contributed by atoms with Crippen molar-refractivity contribution >= 4 is 46.8 Å². The van der Waals surface area contributed by atoms with E-state index in [0.29, 0.717) is 35.3 Å². The van der Waals surface area contributed by atoms with Crippen molar-refractivity contribution in [2.75, 3.05) is 11.5 Å². The van der Waals surface area contributed by atoms with Gasteiger partial charge in [0.1, 0.15) is 0 Å². The molecule has 0 fully saturated rings. The quantitative estimate of drug-likeness (QED) is 0.208. The van der Waals surface area contributed by atoms with E-state index in [1.54, 1.807) is 23.5 Å². The highest BCUT2D eigenvalue weighted by Gasteiger charge is 2.24. The highest BCUT2D eigenvalue weighted by molar-refractivity contribution is 8.00. The summed E-state index contributed by atoms with van der Waals surface area (Å²) in [6.07, 6.45) is 0.782. The van der Waals surface area contributed by atoms with Crippen molar-refractivity contribution in [1.29, 1.82) is 0 Å². The Morgan fingerprint density at radius 2 is 1.06 bits per heavy atom. The zero-order valence-corrected chi connectivity index (χ0v) is 20.7. The normalized spacial score (nSPS) is 12.8. The van der Waals surface area contributed by atoms with Gasteiger partial charge in [0.05, 0.1) is 11.1 Å². The molecule has 0 radical (unpaired) electrons. The van der Waals surface area contributed by atoms with Gasteiger partial charge in [-0.15, -0.1) is 23.5 Å². The number of carbonyl (C=O) groups is 2. The number of hydrogen-bond donors (Lipinski definition) is 4. The van der Waals surface area contributed by atoms with Crippen LogP contribution in [-0.4, -0.2) is 32.7 Å². The number of carboxylic acid groups (broad SMARTS) is 2. The van der Waals surface area contributed by atoms with Gasteiger partial charge in [0.2, 0.25) is 0 Å². The summed E-state index contributed by atoms with van der Waals surface area (Å²) in [5.74, 6) is -2.14. The number of nitrogen functional groups attached to an aromatic ring is 2. The summed E-state index contributed by atoms with van der Waals surface area (Å²) in [5, 5.41) is 19.7. The van der Waals surface area contributed by atoms with Gasteiger partial charge in [0.15, 0.2) is 0 Å². The molecule has 3 rings (SSSR count). The van der Waals surface area contributed by atoms with Gasteiger partial charge < -0.3 is 21.7 Å². The van der Waals surface area contributed by atoms with Crippen molar-refractivity contribution in [2.24, 2.45) is 0 Å². The minimum Gasteiger partial charge on any atom is -0.478 e. The van der Waals surface area contributed by atoms with Crippen molar-refractivity contribution in [3.63, 3.8) is 0 Å². The molecule has 3 aromatic rings. The molecule has 178 valence electrons. The molecular weight excluding hydrogens is 468 g/mol. The van der Waals surface area contributed by atoms with Crippen LogP contribution < -0.4 is 11.5 Å². The Morgan fingerprint density at radius 1 is 0.706 bits per heavy atom. The molecule has 0 saturated heterocycles. The molecule has 0 aromatic heterocycles. The minimum atomic E-state index is -1.07. The number of para-hydroxylation sites is 2. The topological polar surface area (TPSA) is 127 Å². The van der Waals surface area contributed by atoms with Gasteiger partial charge in [-0.1, -0.05) is 38.1 Å². The van der Waals surface area contributed by atoms with Gasteiger partial charge in [0.25, 0.3) is 0 Å². The summed E-state index contributed by atoms with van der Waals surface area (Å²) in [7, 11) is 0. The highest BCUT2D eigenvalue weighted by Crippen LogP contribution is 2.35. The van der Waals surface area contributed by atoms with Crippen LogP contribution in [0.1, 0.15) is 45.7 Å². The third kappa shape index (κ3) is 6.27. The predicted molar refractivity (Wildman–Crippen MR) is 140 cm³/mol. The monoisotopic (exact) mass is 496 g/mol. The molecule has 6 nitrogen and oxygen atoms in total. The van der Waals surface area contributed by atoms with Crippen LogP contribution in [0.3, 0.4) is 0 Å². The highest BCUT2D eigenvalue weighted by atomic mass is 32.2. The van der Waals surface area contributed by atoms with E-state index in [0.717, 1.165) is 9.79 Å². The summed E-state index contributed by atoms with van der Waals surface area (Å²) in [5.41, 5.74) is 14.8. The van der Waals surface area contributed by atoms with E-state index in [1.807, 2.05) is 62.4 Å². The van der Waals surface area contributed by atoms with E-state index in [1.165, 1.54) is 12.1 Å². The zero-order valence-electron chi connectivity index (χ0n) is 19.0. The minimum absolute atomic E-state index is 0.0293. The van der Waals surface area contributed by atoms with E-state index in [-0.39, 0.29) is 21.6 Å². The van der Waals surface area contributed by atoms with Gasteiger partial charge in [-0.3, -0.25) is 0 Å². The lowest BCUT2D eigenvalue weighted by atomic mass is 9.90. The van der Waals surface area contributed by atoms with E-state index >= 15 is 0 Å². The predicted octanol–water partition coefficient (Wildman–Crippen LogP) is 5.69. The van der Waals surface area contributed by atoms with Crippen LogP contribution in [0, 0.1) is 0 Å². The Hall–Kier alpha value is -3.10. The molecule has 0 aliphatic heterocycles. The van der Waals surface area contributed by atoms with E-state index in [9.17, 15) is 19.8 Å². The molecule has 0 amide bonds. The number of aromatic carboxylic acids is 2. The molecule has 2 atom stereocenters. The fourth-order valence-corrected chi connectivity index (χ4v) is 5.92. The fourth-order valence-electron chi connectivity index (χ4n) is 3.83. The first-order valence-corrected chi connectivity index (χ1v) is 12.6. The maximum atomic E-state index is 12.1. The first-order chi connectivity index (χ1) is 16.2. The number of benzene rings is 3. The smallest absolute Gasteiger partial charge is 0.335 e. The molecule has 3 aromatic carbocycles. The number of nitrogens with two attached hydrogens (primary N) is 2. The van der Waals surface area contributed by atoms with Crippen LogP contribution in [0.15, 0.2) is 70.5 Å². The van der Waals surface area contributed by atoms with Crippen molar-refractivity contribution in [3.8, 4) is 0 Å². The Bertz CT molecular complexity index is 1110. The maximum Gasteiger partial charge on any atom is 0.335 e. The van der Waals surface area contributed by atoms with Gasteiger partial charge >= 0.3 is 11.9 Å². The standard InChI is InChI=1S/C26H28N2O4S2/c1-15(33-23-9-5-3-7-21(23)27)13-19-17(25(29)30)11-12-18(26(31)32)20(19)14-16(2)34-24-10-6-4-8-22(24)28/h3-12,15-16H,13-14,27-28H2,1-2H3,(H,29,30)(H,31,32). The second-order valence-electron chi connectivity index (χ2n) is 8.07. The van der Waals surface area contributed by atoms with Crippen LogP contribution in [0.4, 0.5) is 11.4 Å². The molecule has 0 aliphatic rings. The average Bonchev–Trinajstić information content (AvgIpc) is 2.77. The number of carboxylic acids is 2. The molecule has 0 spiro atoms. The molecule has 8 heteroatoms. The Morgan fingerprint density at radius 3 is 1.38 bits per heavy atom. The van der Waals surface area contributed by atoms with Crippen LogP contribution in [0.25, 0.3) is 0 Å². The third-order valence-corrected chi connectivity index (χ3v) is 7.76. The van der Waals surface area contributed by atoms with E-state index < -0.39 is 11.9 Å². The Balaban J connectivity index is 1.96. The van der Waals surface area contributed by atoms with Gasteiger partial charge in [-0.05, 0) is 60.4 Å². The van der Waals surface area contributed by atoms with Crippen LogP contribution in [0.2, 0.25) is 0 Å². The molecule has 2 unspecified atom stereocenters. The van der Waals surface area contributed by atoms with Gasteiger partial charge in [-0.2, -0.15) is 0 Å². The maximum absolute atomic E-state index is 12.1. The first-order valence-electron chi connectivity index (χ1n) is 10.8. The second kappa shape index (κ2) is 11.4. The first kappa shape index (κ1) is 25.5. The largest absolute Gasteiger partial charge is 0.478 e. The lowest BCUT2D eigenvalue weighted by Gasteiger charge is -2.21. The third-order valence-electron chi connectivity index (χ3n) is 5.37. The summed E-state index contributed by atoms with van der Waals surface area (Å²) < 4.78 is 0. The van der Waals surface area contributed by atoms with Crippen molar-refractivity contribution in [1.82, 2.24) is 0 Å². The Kier molecular flexibility index (Phi) is 8.52. The lowest BCUT2D eigenvalue weighted by Crippen LogP contribution is -2.18. The molecule has 0 aliphatic carbocycles.